The molecule has 1 atom stereocenters. The Bertz CT molecular complexity index is 638. The number of aryl methyl sites for hydroxylation is 1. The van der Waals surface area contributed by atoms with E-state index in [-0.39, 0.29) is 11.9 Å². The number of amides is 1. The number of methoxy groups -OCH3 is 1. The molecule has 7 nitrogen and oxygen atoms in total. The van der Waals surface area contributed by atoms with Gasteiger partial charge in [-0.15, -0.1) is 5.10 Å². The quantitative estimate of drug-likeness (QED) is 0.897. The smallest absolute Gasteiger partial charge is 0.217 e. The van der Waals surface area contributed by atoms with E-state index >= 15 is 0 Å². The lowest BCUT2D eigenvalue weighted by molar-refractivity contribution is -0.119. The monoisotopic (exact) mass is 289 g/mol. The van der Waals surface area contributed by atoms with Gasteiger partial charge < -0.3 is 10.1 Å². The summed E-state index contributed by atoms with van der Waals surface area (Å²) in [7, 11) is 1.59. The molecule has 1 N–H and O–H groups in total. The van der Waals surface area contributed by atoms with Crippen LogP contribution in [0.15, 0.2) is 18.2 Å². The van der Waals surface area contributed by atoms with Crippen molar-refractivity contribution in [3.63, 3.8) is 0 Å². The molecule has 21 heavy (non-hydrogen) atoms. The molecular formula is C14H19N5O2. The fraction of sp³-hybridized carbons (Fsp3) is 0.429. The van der Waals surface area contributed by atoms with Gasteiger partial charge >= 0.3 is 0 Å². The summed E-state index contributed by atoms with van der Waals surface area (Å²) in [4.78, 5) is 20.1. The van der Waals surface area contributed by atoms with E-state index in [9.17, 15) is 4.79 Å². The summed E-state index contributed by atoms with van der Waals surface area (Å²) in [6.07, 6.45) is 0. The average Bonchev–Trinajstić information content (AvgIpc) is 2.82. The van der Waals surface area contributed by atoms with Gasteiger partial charge in [0.05, 0.1) is 6.04 Å². The van der Waals surface area contributed by atoms with Crippen LogP contribution in [-0.2, 0) is 16.1 Å². The Kier molecular flexibility index (Phi) is 4.64. The fourth-order valence-corrected chi connectivity index (χ4v) is 2.02. The molecular weight excluding hydrogens is 270 g/mol. The number of ether oxygens (including phenoxy) is 1. The molecule has 2 aromatic rings. The number of hydrogen-bond acceptors (Lipinski definition) is 5. The Morgan fingerprint density at radius 1 is 1.43 bits per heavy atom. The van der Waals surface area contributed by atoms with Crippen LogP contribution in [0.25, 0.3) is 5.82 Å². The zero-order valence-corrected chi connectivity index (χ0v) is 12.6. The highest BCUT2D eigenvalue weighted by Gasteiger charge is 2.19. The second kappa shape index (κ2) is 6.45. The zero-order chi connectivity index (χ0) is 15.4. The molecule has 0 bridgehead atoms. The van der Waals surface area contributed by atoms with Crippen molar-refractivity contribution in [1.82, 2.24) is 25.1 Å². The van der Waals surface area contributed by atoms with Crippen LogP contribution in [0.5, 0.6) is 0 Å². The Morgan fingerprint density at radius 3 is 2.81 bits per heavy atom. The van der Waals surface area contributed by atoms with Gasteiger partial charge in [0.2, 0.25) is 5.91 Å². The SMILES string of the molecule is COCc1nc([C@H](C)NC(C)=O)n(-c2cccc(C)n2)n1. The molecule has 0 radical (unpaired) electrons. The highest BCUT2D eigenvalue weighted by molar-refractivity contribution is 5.73. The van der Waals surface area contributed by atoms with E-state index in [2.05, 4.69) is 20.4 Å². The predicted molar refractivity (Wildman–Crippen MR) is 76.8 cm³/mol. The number of hydrogen-bond donors (Lipinski definition) is 1. The first-order chi connectivity index (χ1) is 10.0. The molecule has 0 aliphatic carbocycles. The maximum Gasteiger partial charge on any atom is 0.217 e. The van der Waals surface area contributed by atoms with Crippen molar-refractivity contribution in [2.24, 2.45) is 0 Å². The molecule has 0 aliphatic rings. The molecule has 2 aromatic heterocycles. The van der Waals surface area contributed by atoms with E-state index in [1.54, 1.807) is 11.8 Å². The minimum Gasteiger partial charge on any atom is -0.377 e. The largest absolute Gasteiger partial charge is 0.377 e. The normalized spacial score (nSPS) is 12.2. The van der Waals surface area contributed by atoms with Crippen LogP contribution >= 0.6 is 0 Å². The number of rotatable bonds is 5. The van der Waals surface area contributed by atoms with Crippen molar-refractivity contribution in [3.8, 4) is 5.82 Å². The lowest BCUT2D eigenvalue weighted by atomic mass is 10.3. The third-order valence-corrected chi connectivity index (χ3v) is 2.85. The lowest BCUT2D eigenvalue weighted by Crippen LogP contribution is -2.26. The number of carbonyl (C=O) groups excluding carboxylic acids is 1. The van der Waals surface area contributed by atoms with Crippen LogP contribution in [0.1, 0.15) is 37.2 Å². The first-order valence-corrected chi connectivity index (χ1v) is 6.67. The number of pyridine rings is 1. The molecule has 2 rings (SSSR count). The summed E-state index contributed by atoms with van der Waals surface area (Å²) >= 11 is 0. The van der Waals surface area contributed by atoms with Crippen molar-refractivity contribution in [3.05, 3.63) is 35.5 Å². The van der Waals surface area contributed by atoms with Crippen molar-refractivity contribution >= 4 is 5.91 Å². The van der Waals surface area contributed by atoms with Gasteiger partial charge in [-0.1, -0.05) is 6.07 Å². The number of carbonyl (C=O) groups is 1. The van der Waals surface area contributed by atoms with E-state index in [0.29, 0.717) is 24.1 Å². The molecule has 0 spiro atoms. The van der Waals surface area contributed by atoms with Crippen molar-refractivity contribution in [1.29, 1.82) is 0 Å². The number of nitrogens with one attached hydrogen (secondary N) is 1. The van der Waals surface area contributed by atoms with E-state index in [4.69, 9.17) is 4.74 Å². The van der Waals surface area contributed by atoms with Crippen LogP contribution in [0.2, 0.25) is 0 Å². The van der Waals surface area contributed by atoms with E-state index in [0.717, 1.165) is 5.69 Å². The maximum absolute atomic E-state index is 11.3. The van der Waals surface area contributed by atoms with Gasteiger partial charge in [0.1, 0.15) is 6.61 Å². The Morgan fingerprint density at radius 2 is 2.19 bits per heavy atom. The fourth-order valence-electron chi connectivity index (χ4n) is 2.02. The molecule has 0 saturated heterocycles. The van der Waals surface area contributed by atoms with Crippen LogP contribution in [0, 0.1) is 6.92 Å². The molecule has 0 saturated carbocycles. The topological polar surface area (TPSA) is 81.9 Å². The second-order valence-corrected chi connectivity index (χ2v) is 4.79. The Labute approximate surface area is 123 Å². The van der Waals surface area contributed by atoms with Crippen LogP contribution in [0.4, 0.5) is 0 Å². The van der Waals surface area contributed by atoms with Crippen molar-refractivity contribution < 1.29 is 9.53 Å². The zero-order valence-electron chi connectivity index (χ0n) is 12.6. The Hall–Kier alpha value is -2.28. The van der Waals surface area contributed by atoms with Gasteiger partial charge in [0.15, 0.2) is 17.5 Å². The van der Waals surface area contributed by atoms with Crippen LogP contribution in [0.3, 0.4) is 0 Å². The third kappa shape index (κ3) is 3.63. The van der Waals surface area contributed by atoms with Gasteiger partial charge in [0, 0.05) is 19.7 Å². The highest BCUT2D eigenvalue weighted by atomic mass is 16.5. The highest BCUT2D eigenvalue weighted by Crippen LogP contribution is 2.15. The minimum absolute atomic E-state index is 0.123. The summed E-state index contributed by atoms with van der Waals surface area (Å²) in [6.45, 7) is 5.54. The summed E-state index contributed by atoms with van der Waals surface area (Å²) in [5.41, 5.74) is 0.884. The molecule has 112 valence electrons. The van der Waals surface area contributed by atoms with Gasteiger partial charge in [-0.2, -0.15) is 4.68 Å². The van der Waals surface area contributed by atoms with Crippen molar-refractivity contribution in [2.75, 3.05) is 7.11 Å². The first kappa shape index (κ1) is 15.1. The molecule has 0 fully saturated rings. The summed E-state index contributed by atoms with van der Waals surface area (Å²) in [5.74, 6) is 1.71. The standard InChI is InChI=1S/C14H19N5O2/c1-9-6-5-7-13(15-9)19-14(10(2)16-11(3)20)17-12(18-19)8-21-4/h5-7,10H,8H2,1-4H3,(H,16,20)/t10-/m0/s1. The molecule has 7 heteroatoms. The van der Waals surface area contributed by atoms with Gasteiger partial charge in [-0.25, -0.2) is 9.97 Å². The van der Waals surface area contributed by atoms with E-state index in [1.165, 1.54) is 6.92 Å². The van der Waals surface area contributed by atoms with Crippen molar-refractivity contribution in [2.45, 2.75) is 33.4 Å². The summed E-state index contributed by atoms with van der Waals surface area (Å²) in [5, 5.41) is 7.21. The number of nitrogens with zero attached hydrogens (tertiary/aromatic N) is 4. The minimum atomic E-state index is -0.275. The average molecular weight is 289 g/mol. The third-order valence-electron chi connectivity index (χ3n) is 2.85. The molecule has 1 amide bonds. The Balaban J connectivity index is 2.44. The first-order valence-electron chi connectivity index (χ1n) is 6.67. The van der Waals surface area contributed by atoms with Gasteiger partial charge in [-0.05, 0) is 26.0 Å². The van der Waals surface area contributed by atoms with Crippen LogP contribution in [-0.4, -0.2) is 32.8 Å². The van der Waals surface area contributed by atoms with E-state index < -0.39 is 0 Å². The summed E-state index contributed by atoms with van der Waals surface area (Å²) < 4.78 is 6.71. The van der Waals surface area contributed by atoms with E-state index in [1.807, 2.05) is 32.0 Å². The van der Waals surface area contributed by atoms with Gasteiger partial charge in [-0.3, -0.25) is 4.79 Å². The molecule has 0 aromatic carbocycles. The molecule has 0 aliphatic heterocycles. The molecule has 2 heterocycles. The number of aromatic nitrogens is 4. The van der Waals surface area contributed by atoms with Gasteiger partial charge in [0.25, 0.3) is 0 Å². The maximum atomic E-state index is 11.3. The van der Waals surface area contributed by atoms with Crippen LogP contribution < -0.4 is 5.32 Å². The molecule has 0 unspecified atom stereocenters. The summed E-state index contributed by atoms with van der Waals surface area (Å²) in [6, 6.07) is 5.39. The predicted octanol–water partition coefficient (Wildman–Crippen LogP) is 1.31. The lowest BCUT2D eigenvalue weighted by Gasteiger charge is -2.12. The second-order valence-electron chi connectivity index (χ2n) is 4.79.